The molecule has 0 amide bonds. The summed E-state index contributed by atoms with van der Waals surface area (Å²) in [5.74, 6) is -0.238. The maximum Gasteiger partial charge on any atom is 0.123 e. The molecule has 1 N–H and O–H groups in total. The smallest absolute Gasteiger partial charge is 0.123 e. The minimum absolute atomic E-state index is 0.238. The Kier molecular flexibility index (Phi) is 6.16. The minimum atomic E-state index is -0.391. The number of halogens is 1. The Labute approximate surface area is 103 Å². The summed E-state index contributed by atoms with van der Waals surface area (Å²) in [5.41, 5.74) is 0.858. The van der Waals surface area contributed by atoms with Gasteiger partial charge in [-0.25, -0.2) is 4.39 Å². The van der Waals surface area contributed by atoms with Crippen LogP contribution in [0.3, 0.4) is 0 Å². The second-order valence-electron chi connectivity index (χ2n) is 4.30. The Morgan fingerprint density at radius 2 is 2.00 bits per heavy atom. The predicted molar refractivity (Wildman–Crippen MR) is 68.5 cm³/mol. The third-order valence-corrected chi connectivity index (χ3v) is 3.03. The van der Waals surface area contributed by atoms with Crippen molar-refractivity contribution >= 4 is 0 Å². The van der Waals surface area contributed by atoms with E-state index in [0.29, 0.717) is 6.42 Å². The SMILES string of the molecule is CCN(CC)CCC(O)Cc1cccc(F)c1. The summed E-state index contributed by atoms with van der Waals surface area (Å²) in [6.07, 6.45) is 0.870. The topological polar surface area (TPSA) is 23.5 Å². The molecule has 96 valence electrons. The summed E-state index contributed by atoms with van der Waals surface area (Å²) in [4.78, 5) is 2.27. The molecule has 3 heteroatoms. The predicted octanol–water partition coefficient (Wildman–Crippen LogP) is 2.46. The van der Waals surface area contributed by atoms with E-state index in [-0.39, 0.29) is 5.82 Å². The van der Waals surface area contributed by atoms with Crippen molar-refractivity contribution in [3.05, 3.63) is 35.6 Å². The van der Waals surface area contributed by atoms with Crippen LogP contribution in [0.25, 0.3) is 0 Å². The van der Waals surface area contributed by atoms with Gasteiger partial charge in [-0.05, 0) is 43.6 Å². The van der Waals surface area contributed by atoms with Crippen LogP contribution in [0.2, 0.25) is 0 Å². The van der Waals surface area contributed by atoms with Crippen LogP contribution in [-0.4, -0.2) is 35.7 Å². The van der Waals surface area contributed by atoms with Crippen LogP contribution >= 0.6 is 0 Å². The third kappa shape index (κ3) is 5.29. The summed E-state index contributed by atoms with van der Waals surface area (Å²) in [5, 5.41) is 9.88. The molecule has 0 radical (unpaired) electrons. The summed E-state index contributed by atoms with van der Waals surface area (Å²) < 4.78 is 13.0. The zero-order valence-corrected chi connectivity index (χ0v) is 10.7. The summed E-state index contributed by atoms with van der Waals surface area (Å²) in [7, 11) is 0. The lowest BCUT2D eigenvalue weighted by molar-refractivity contribution is 0.143. The molecule has 2 nitrogen and oxygen atoms in total. The molecule has 0 aliphatic carbocycles. The Morgan fingerprint density at radius 1 is 1.29 bits per heavy atom. The first kappa shape index (κ1) is 14.1. The highest BCUT2D eigenvalue weighted by Gasteiger charge is 2.08. The molecule has 0 aliphatic rings. The van der Waals surface area contributed by atoms with Crippen molar-refractivity contribution in [2.75, 3.05) is 19.6 Å². The van der Waals surface area contributed by atoms with Gasteiger partial charge in [-0.15, -0.1) is 0 Å². The summed E-state index contributed by atoms with van der Waals surface area (Å²) in [6, 6.07) is 6.44. The van der Waals surface area contributed by atoms with Gasteiger partial charge >= 0.3 is 0 Å². The lowest BCUT2D eigenvalue weighted by Gasteiger charge is -2.20. The van der Waals surface area contributed by atoms with Gasteiger partial charge in [0.05, 0.1) is 6.10 Å². The average molecular weight is 239 g/mol. The van der Waals surface area contributed by atoms with Crippen LogP contribution in [0.4, 0.5) is 4.39 Å². The van der Waals surface area contributed by atoms with Crippen molar-refractivity contribution in [3.8, 4) is 0 Å². The molecule has 0 spiro atoms. The molecule has 1 atom stereocenters. The monoisotopic (exact) mass is 239 g/mol. The van der Waals surface area contributed by atoms with Crippen LogP contribution in [0.5, 0.6) is 0 Å². The zero-order valence-electron chi connectivity index (χ0n) is 10.7. The first-order chi connectivity index (χ1) is 8.15. The number of benzene rings is 1. The van der Waals surface area contributed by atoms with Crippen LogP contribution in [0.1, 0.15) is 25.8 Å². The van der Waals surface area contributed by atoms with Crippen molar-refractivity contribution in [1.29, 1.82) is 0 Å². The lowest BCUT2D eigenvalue weighted by Crippen LogP contribution is -2.27. The largest absolute Gasteiger partial charge is 0.393 e. The van der Waals surface area contributed by atoms with Crippen molar-refractivity contribution in [2.24, 2.45) is 0 Å². The highest BCUT2D eigenvalue weighted by Crippen LogP contribution is 2.08. The Hall–Kier alpha value is -0.930. The summed E-state index contributed by atoms with van der Waals surface area (Å²) >= 11 is 0. The average Bonchev–Trinajstić information content (AvgIpc) is 2.30. The molecule has 0 aromatic heterocycles. The molecule has 1 aromatic carbocycles. The number of hydrogen-bond acceptors (Lipinski definition) is 2. The van der Waals surface area contributed by atoms with E-state index in [4.69, 9.17) is 0 Å². The van der Waals surface area contributed by atoms with Crippen LogP contribution in [0, 0.1) is 5.82 Å². The molecule has 1 unspecified atom stereocenters. The number of rotatable bonds is 7. The van der Waals surface area contributed by atoms with Gasteiger partial charge < -0.3 is 10.0 Å². The fraction of sp³-hybridized carbons (Fsp3) is 0.571. The molecule has 1 aromatic rings. The van der Waals surface area contributed by atoms with Gasteiger partial charge in [-0.1, -0.05) is 26.0 Å². The molecule has 0 aliphatic heterocycles. The van der Waals surface area contributed by atoms with Gasteiger partial charge in [0.25, 0.3) is 0 Å². The molecular weight excluding hydrogens is 217 g/mol. The molecular formula is C14H22FNO. The standard InChI is InChI=1S/C14H22FNO/c1-3-16(4-2)9-8-14(17)11-12-6-5-7-13(15)10-12/h5-7,10,14,17H,3-4,8-9,11H2,1-2H3. The van der Waals surface area contributed by atoms with E-state index in [2.05, 4.69) is 18.7 Å². The molecule has 0 bridgehead atoms. The van der Waals surface area contributed by atoms with Crippen molar-refractivity contribution in [1.82, 2.24) is 4.90 Å². The van der Waals surface area contributed by atoms with Crippen molar-refractivity contribution < 1.29 is 9.50 Å². The number of hydrogen-bond donors (Lipinski definition) is 1. The van der Waals surface area contributed by atoms with Crippen LogP contribution in [0.15, 0.2) is 24.3 Å². The zero-order chi connectivity index (χ0) is 12.7. The molecule has 0 fully saturated rings. The third-order valence-electron chi connectivity index (χ3n) is 3.03. The molecule has 0 saturated carbocycles. The fourth-order valence-corrected chi connectivity index (χ4v) is 1.91. The van der Waals surface area contributed by atoms with Gasteiger partial charge in [-0.2, -0.15) is 0 Å². The highest BCUT2D eigenvalue weighted by atomic mass is 19.1. The normalized spacial score (nSPS) is 13.0. The van der Waals surface area contributed by atoms with E-state index < -0.39 is 6.10 Å². The van der Waals surface area contributed by atoms with Gasteiger partial charge in [0.1, 0.15) is 5.82 Å². The second-order valence-corrected chi connectivity index (χ2v) is 4.30. The maximum absolute atomic E-state index is 13.0. The molecule has 1 rings (SSSR count). The molecule has 0 heterocycles. The first-order valence-corrected chi connectivity index (χ1v) is 6.30. The second kappa shape index (κ2) is 7.41. The van der Waals surface area contributed by atoms with Gasteiger partial charge in [0, 0.05) is 6.54 Å². The maximum atomic E-state index is 13.0. The fourth-order valence-electron chi connectivity index (χ4n) is 1.91. The Bertz CT molecular complexity index is 326. The Balaban J connectivity index is 2.36. The van der Waals surface area contributed by atoms with Gasteiger partial charge in [0.2, 0.25) is 0 Å². The quantitative estimate of drug-likeness (QED) is 0.790. The first-order valence-electron chi connectivity index (χ1n) is 6.30. The summed E-state index contributed by atoms with van der Waals surface area (Å²) in [6.45, 7) is 7.13. The number of aliphatic hydroxyl groups excluding tert-OH is 1. The van der Waals surface area contributed by atoms with E-state index in [1.54, 1.807) is 6.07 Å². The van der Waals surface area contributed by atoms with E-state index in [0.717, 1.165) is 31.6 Å². The van der Waals surface area contributed by atoms with Gasteiger partial charge in [-0.3, -0.25) is 0 Å². The highest BCUT2D eigenvalue weighted by molar-refractivity contribution is 5.16. The molecule has 0 saturated heterocycles. The van der Waals surface area contributed by atoms with Crippen molar-refractivity contribution in [3.63, 3.8) is 0 Å². The van der Waals surface area contributed by atoms with Crippen LogP contribution in [-0.2, 0) is 6.42 Å². The molecule has 17 heavy (non-hydrogen) atoms. The van der Waals surface area contributed by atoms with E-state index in [9.17, 15) is 9.50 Å². The van der Waals surface area contributed by atoms with E-state index >= 15 is 0 Å². The number of nitrogens with zero attached hydrogens (tertiary/aromatic N) is 1. The van der Waals surface area contributed by atoms with Crippen LogP contribution < -0.4 is 0 Å². The van der Waals surface area contributed by atoms with Gasteiger partial charge in [0.15, 0.2) is 0 Å². The van der Waals surface area contributed by atoms with E-state index in [1.165, 1.54) is 12.1 Å². The van der Waals surface area contributed by atoms with Crippen molar-refractivity contribution in [2.45, 2.75) is 32.8 Å². The lowest BCUT2D eigenvalue weighted by atomic mass is 10.1. The van der Waals surface area contributed by atoms with E-state index in [1.807, 2.05) is 6.07 Å². The number of aliphatic hydroxyl groups is 1. The minimum Gasteiger partial charge on any atom is -0.393 e. The Morgan fingerprint density at radius 3 is 2.59 bits per heavy atom.